The highest BCUT2D eigenvalue weighted by Gasteiger charge is 2.35. The Morgan fingerprint density at radius 2 is 1.20 bits per heavy atom. The summed E-state index contributed by atoms with van der Waals surface area (Å²) in [6, 6.07) is -2.70. The summed E-state index contributed by atoms with van der Waals surface area (Å²) in [5.74, 6) is 0. The molecule has 0 aromatic rings. The van der Waals surface area contributed by atoms with Gasteiger partial charge in [0, 0.05) is 19.0 Å². The van der Waals surface area contributed by atoms with Crippen LogP contribution in [0.3, 0.4) is 0 Å². The lowest BCUT2D eigenvalue weighted by atomic mass is 11.2. The fourth-order valence-electron chi connectivity index (χ4n) is 0.826. The Morgan fingerprint density at radius 1 is 0.867 bits per heavy atom. The minimum absolute atomic E-state index is 0.127. The maximum atomic E-state index is 5.97. The molecular formula is C5H7Cl7Si3. The molecule has 0 saturated carbocycles. The summed E-state index contributed by atoms with van der Waals surface area (Å²) in [7, 11) is -1.46. The topological polar surface area (TPSA) is 0 Å². The van der Waals surface area contributed by atoms with Crippen molar-refractivity contribution in [3.05, 3.63) is 20.4 Å². The van der Waals surface area contributed by atoms with Crippen LogP contribution in [-0.2, 0) is 0 Å². The second-order valence-corrected chi connectivity index (χ2v) is 20.2. The molecule has 0 saturated heterocycles. The fourth-order valence-corrected chi connectivity index (χ4v) is 12.2. The molecule has 0 spiro atoms. The van der Waals surface area contributed by atoms with Crippen molar-refractivity contribution in [3.8, 4) is 0 Å². The van der Waals surface area contributed by atoms with Gasteiger partial charge in [-0.25, -0.2) is 0 Å². The maximum Gasteiger partial charge on any atom is 0.339 e. The minimum Gasteiger partial charge on any atom is -0.126 e. The third-order valence-corrected chi connectivity index (χ3v) is 21.1. The average molecular weight is 400 g/mol. The molecule has 0 fully saturated rings. The molecule has 88 valence electrons. The van der Waals surface area contributed by atoms with E-state index in [9.17, 15) is 0 Å². The third-order valence-electron chi connectivity index (χ3n) is 1.58. The van der Waals surface area contributed by atoms with Gasteiger partial charge < -0.3 is 0 Å². The molecule has 0 atom stereocenters. The van der Waals surface area contributed by atoms with E-state index in [-0.39, 0.29) is 13.8 Å². The first-order valence-corrected chi connectivity index (χ1v) is 13.7. The number of halogens is 7. The number of hydrogen-bond donors (Lipinski definition) is 0. The Bertz CT molecular complexity index is 230. The Balaban J connectivity index is 4.47. The summed E-state index contributed by atoms with van der Waals surface area (Å²) in [5.41, 5.74) is 3.54. The predicted octanol–water partition coefficient (Wildman–Crippen LogP) is 3.82. The molecule has 0 aliphatic rings. The summed E-state index contributed by atoms with van der Waals surface area (Å²) in [6.07, 6.45) is 0. The van der Waals surface area contributed by atoms with Gasteiger partial charge in [0.2, 0.25) is 0 Å². The fraction of sp³-hybridized carbons (Fsp3) is 0.200. The van der Waals surface area contributed by atoms with Crippen LogP contribution in [0.1, 0.15) is 0 Å². The number of rotatable bonds is 5. The van der Waals surface area contributed by atoms with Crippen molar-refractivity contribution in [2.75, 3.05) is 0 Å². The zero-order valence-corrected chi connectivity index (χ0v) is 16.4. The quantitative estimate of drug-likeness (QED) is 0.487. The normalized spacial score (nSPS) is 14.9. The molecule has 0 nitrogen and oxygen atoms in total. The van der Waals surface area contributed by atoms with E-state index < -0.39 is 25.0 Å². The van der Waals surface area contributed by atoms with E-state index in [0.29, 0.717) is 0 Å². The molecular weight excluding hydrogens is 392 g/mol. The zero-order chi connectivity index (χ0) is 12.1. The molecule has 0 heterocycles. The van der Waals surface area contributed by atoms with Gasteiger partial charge in [-0.05, 0) is 4.79 Å². The van der Waals surface area contributed by atoms with Crippen molar-refractivity contribution >= 4 is 105 Å². The average Bonchev–Trinajstić information content (AvgIpc) is 2.00. The zero-order valence-electron chi connectivity index (χ0n) is 7.29. The molecule has 0 aromatic heterocycles. The van der Waals surface area contributed by atoms with Crippen LogP contribution >= 0.6 is 79.6 Å². The van der Waals surface area contributed by atoms with E-state index >= 15 is 0 Å². The highest BCUT2D eigenvalue weighted by molar-refractivity contribution is 7.67. The first-order chi connectivity index (χ1) is 6.73. The smallest absolute Gasteiger partial charge is 0.126 e. The van der Waals surface area contributed by atoms with Crippen molar-refractivity contribution in [2.45, 2.75) is 4.79 Å². The van der Waals surface area contributed by atoms with Gasteiger partial charge in [0.1, 0.15) is 0 Å². The van der Waals surface area contributed by atoms with Gasteiger partial charge in [0.05, 0.1) is 8.98 Å². The Labute approximate surface area is 129 Å². The van der Waals surface area contributed by atoms with Crippen LogP contribution in [0, 0.1) is 0 Å². The highest BCUT2D eigenvalue weighted by Crippen LogP contribution is 2.33. The third kappa shape index (κ3) is 9.83. The first-order valence-electron chi connectivity index (χ1n) is 3.82. The van der Waals surface area contributed by atoms with Crippen molar-refractivity contribution in [2.24, 2.45) is 0 Å². The Kier molecular flexibility index (Phi) is 9.49. The second-order valence-electron chi connectivity index (χ2n) is 2.70. The van der Waals surface area contributed by atoms with Crippen LogP contribution in [0.25, 0.3) is 0 Å². The monoisotopic (exact) mass is 396 g/mol. The van der Waals surface area contributed by atoms with E-state index in [1.165, 1.54) is 0 Å². The van der Waals surface area contributed by atoms with Crippen LogP contribution in [0.15, 0.2) is 20.4 Å². The summed E-state index contributed by atoms with van der Waals surface area (Å²) in [4.78, 5) is 0.127. The first kappa shape index (κ1) is 17.2. The lowest BCUT2D eigenvalue weighted by Crippen LogP contribution is -2.29. The summed E-state index contributed by atoms with van der Waals surface area (Å²) < 4.78 is 0.481. The van der Waals surface area contributed by atoms with Gasteiger partial charge in [-0.1, -0.05) is 57.8 Å². The molecule has 0 aromatic carbocycles. The van der Waals surface area contributed by atoms with Crippen LogP contribution < -0.4 is 0 Å². The molecule has 0 aliphatic carbocycles. The maximum absolute atomic E-state index is 5.97. The lowest BCUT2D eigenvalue weighted by molar-refractivity contribution is 1.77. The van der Waals surface area contributed by atoms with Crippen molar-refractivity contribution in [1.82, 2.24) is 0 Å². The van der Waals surface area contributed by atoms with Crippen LogP contribution in [0.4, 0.5) is 0 Å². The van der Waals surface area contributed by atoms with Crippen molar-refractivity contribution in [1.29, 1.82) is 0 Å². The molecule has 0 N–H and O–H groups in total. The van der Waals surface area contributed by atoms with Crippen LogP contribution in [0.2, 0.25) is 4.79 Å². The second kappa shape index (κ2) is 8.30. The molecule has 10 heteroatoms. The van der Waals surface area contributed by atoms with Crippen LogP contribution in [0.5, 0.6) is 0 Å². The van der Waals surface area contributed by atoms with E-state index in [0.717, 1.165) is 0 Å². The van der Waals surface area contributed by atoms with Gasteiger partial charge >= 0.3 is 6.00 Å². The number of hydrogen-bond acceptors (Lipinski definition) is 0. The largest absolute Gasteiger partial charge is 0.339 e. The van der Waals surface area contributed by atoms with E-state index in [1.807, 2.05) is 0 Å². The summed E-state index contributed by atoms with van der Waals surface area (Å²) in [5, 5.41) is 0. The van der Waals surface area contributed by atoms with Crippen LogP contribution in [-0.4, -0.2) is 25.0 Å². The lowest BCUT2D eigenvalue weighted by Gasteiger charge is -2.18. The van der Waals surface area contributed by atoms with Gasteiger partial charge in [-0.3, -0.25) is 0 Å². The van der Waals surface area contributed by atoms with Crippen molar-refractivity contribution < 1.29 is 0 Å². The van der Waals surface area contributed by atoms with Gasteiger partial charge in [-0.15, -0.1) is 33.2 Å². The SMILES string of the molecule is ClC(Cl)=C[SiH2]C([SiH2]C=C(Cl)Cl)[Si](Cl)(Cl)Cl. The van der Waals surface area contributed by atoms with E-state index in [2.05, 4.69) is 0 Å². The van der Waals surface area contributed by atoms with Gasteiger partial charge in [0.25, 0.3) is 0 Å². The van der Waals surface area contributed by atoms with Gasteiger partial charge in [-0.2, -0.15) is 0 Å². The summed E-state index contributed by atoms with van der Waals surface area (Å²) >= 11 is 40.0. The molecule has 15 heavy (non-hydrogen) atoms. The summed E-state index contributed by atoms with van der Waals surface area (Å²) in [6.45, 7) is 0. The molecule has 0 amide bonds. The Morgan fingerprint density at radius 3 is 1.40 bits per heavy atom. The molecule has 0 rings (SSSR count). The highest BCUT2D eigenvalue weighted by atomic mass is 35.8. The predicted molar refractivity (Wildman–Crippen MR) is 83.7 cm³/mol. The standard InChI is InChI=1S/C5H7Cl7Si3/c6-3(7)1-13-5(15(10,11)12)14-2-4(8)9/h1-2,5H,13-14H2. The van der Waals surface area contributed by atoms with Crippen molar-refractivity contribution in [3.63, 3.8) is 0 Å². The Hall–Kier alpha value is 2.16. The van der Waals surface area contributed by atoms with Gasteiger partial charge in [0.15, 0.2) is 0 Å². The minimum atomic E-state index is -2.70. The van der Waals surface area contributed by atoms with E-state index in [4.69, 9.17) is 79.6 Å². The molecule has 0 bridgehead atoms. The molecule has 0 aliphatic heterocycles. The molecule has 0 radical (unpaired) electrons. The van der Waals surface area contributed by atoms with E-state index in [1.54, 1.807) is 11.4 Å². The molecule has 0 unspecified atom stereocenters.